The lowest BCUT2D eigenvalue weighted by Crippen LogP contribution is -2.28. The van der Waals surface area contributed by atoms with Crippen LogP contribution in [-0.2, 0) is 6.54 Å². The van der Waals surface area contributed by atoms with Crippen LogP contribution in [0.2, 0.25) is 0 Å². The topological polar surface area (TPSA) is 84.7 Å². The van der Waals surface area contributed by atoms with Crippen LogP contribution in [0.25, 0.3) is 5.52 Å². The van der Waals surface area contributed by atoms with Gasteiger partial charge in [0, 0.05) is 19.3 Å². The van der Waals surface area contributed by atoms with Crippen molar-refractivity contribution in [2.45, 2.75) is 20.4 Å². The predicted octanol–water partition coefficient (Wildman–Crippen LogP) is 2.66. The molecule has 0 fully saturated rings. The Bertz CT molecular complexity index is 977. The Hall–Kier alpha value is -3.35. The molecule has 0 unspecified atom stereocenters. The third-order valence-electron chi connectivity index (χ3n) is 4.25. The van der Waals surface area contributed by atoms with Crippen molar-refractivity contribution in [2.75, 3.05) is 13.7 Å². The number of fused-ring (bicyclic) bond motifs is 1. The Morgan fingerprint density at radius 1 is 1.07 bits per heavy atom. The van der Waals surface area contributed by atoms with E-state index in [1.54, 1.807) is 29.8 Å². The van der Waals surface area contributed by atoms with Gasteiger partial charge in [-0.2, -0.15) is 0 Å². The monoisotopic (exact) mass is 380 g/mol. The standard InChI is InChI=1S/C21H24N4O3/c1-14(2)12-22-20(26)18-17-6-4-5-11-25(17)19(24-18)21(27)23-13-15-7-9-16(28-3)10-8-15/h4-11,14H,12-13H2,1-3H3,(H,22,26)(H,23,27). The molecule has 3 aromatic rings. The lowest BCUT2D eigenvalue weighted by atomic mass is 10.2. The zero-order chi connectivity index (χ0) is 20.1. The van der Waals surface area contributed by atoms with E-state index in [9.17, 15) is 9.59 Å². The van der Waals surface area contributed by atoms with E-state index in [1.165, 1.54) is 0 Å². The normalized spacial score (nSPS) is 10.9. The summed E-state index contributed by atoms with van der Waals surface area (Å²) in [5.41, 5.74) is 1.78. The highest BCUT2D eigenvalue weighted by Crippen LogP contribution is 2.14. The first-order valence-corrected chi connectivity index (χ1v) is 9.16. The zero-order valence-corrected chi connectivity index (χ0v) is 16.2. The highest BCUT2D eigenvalue weighted by atomic mass is 16.5. The summed E-state index contributed by atoms with van der Waals surface area (Å²) < 4.78 is 6.77. The Morgan fingerprint density at radius 2 is 1.82 bits per heavy atom. The van der Waals surface area contributed by atoms with E-state index in [-0.39, 0.29) is 23.3 Å². The Morgan fingerprint density at radius 3 is 2.50 bits per heavy atom. The molecule has 2 heterocycles. The average molecular weight is 380 g/mol. The summed E-state index contributed by atoms with van der Waals surface area (Å²) in [6, 6.07) is 12.8. The average Bonchev–Trinajstić information content (AvgIpc) is 3.10. The van der Waals surface area contributed by atoms with Crippen LogP contribution in [0.4, 0.5) is 0 Å². The Kier molecular flexibility index (Phi) is 5.93. The van der Waals surface area contributed by atoms with Gasteiger partial charge >= 0.3 is 0 Å². The molecule has 0 radical (unpaired) electrons. The number of hydrogen-bond acceptors (Lipinski definition) is 4. The van der Waals surface area contributed by atoms with Gasteiger partial charge in [0.1, 0.15) is 5.75 Å². The molecular weight excluding hydrogens is 356 g/mol. The number of carbonyl (C=O) groups is 2. The van der Waals surface area contributed by atoms with Crippen LogP contribution in [0.5, 0.6) is 5.75 Å². The van der Waals surface area contributed by atoms with E-state index in [0.717, 1.165) is 11.3 Å². The van der Waals surface area contributed by atoms with Gasteiger partial charge in [0.05, 0.1) is 12.6 Å². The molecule has 0 saturated heterocycles. The summed E-state index contributed by atoms with van der Waals surface area (Å²) >= 11 is 0. The van der Waals surface area contributed by atoms with Crippen molar-refractivity contribution in [3.8, 4) is 5.75 Å². The van der Waals surface area contributed by atoms with Crippen molar-refractivity contribution in [3.05, 3.63) is 65.7 Å². The number of imidazole rings is 1. The number of methoxy groups -OCH3 is 1. The van der Waals surface area contributed by atoms with Crippen LogP contribution >= 0.6 is 0 Å². The first-order chi connectivity index (χ1) is 13.5. The molecule has 2 amide bonds. The van der Waals surface area contributed by atoms with Crippen molar-refractivity contribution >= 4 is 17.3 Å². The molecule has 7 nitrogen and oxygen atoms in total. The molecular formula is C21H24N4O3. The third kappa shape index (κ3) is 4.31. The number of nitrogens with zero attached hydrogens (tertiary/aromatic N) is 2. The number of rotatable bonds is 7. The van der Waals surface area contributed by atoms with Gasteiger partial charge in [-0.3, -0.25) is 14.0 Å². The Balaban J connectivity index is 1.79. The summed E-state index contributed by atoms with van der Waals surface area (Å²) in [4.78, 5) is 29.5. The fourth-order valence-corrected chi connectivity index (χ4v) is 2.75. The third-order valence-corrected chi connectivity index (χ3v) is 4.25. The smallest absolute Gasteiger partial charge is 0.287 e. The number of hydrogen-bond donors (Lipinski definition) is 2. The van der Waals surface area contributed by atoms with Crippen LogP contribution < -0.4 is 15.4 Å². The molecule has 2 N–H and O–H groups in total. The molecule has 28 heavy (non-hydrogen) atoms. The molecule has 0 aliphatic carbocycles. The molecule has 0 atom stereocenters. The number of aromatic nitrogens is 2. The van der Waals surface area contributed by atoms with Crippen molar-refractivity contribution in [1.29, 1.82) is 0 Å². The van der Waals surface area contributed by atoms with Gasteiger partial charge in [0.25, 0.3) is 11.8 Å². The maximum absolute atomic E-state index is 12.7. The van der Waals surface area contributed by atoms with Gasteiger partial charge in [0.15, 0.2) is 5.69 Å². The van der Waals surface area contributed by atoms with Gasteiger partial charge in [-0.05, 0) is 35.7 Å². The fourth-order valence-electron chi connectivity index (χ4n) is 2.75. The fraction of sp³-hybridized carbons (Fsp3) is 0.286. The van der Waals surface area contributed by atoms with Gasteiger partial charge < -0.3 is 15.4 Å². The quantitative estimate of drug-likeness (QED) is 0.660. The maximum Gasteiger partial charge on any atom is 0.287 e. The Labute approximate surface area is 163 Å². The van der Waals surface area contributed by atoms with Crippen molar-refractivity contribution < 1.29 is 14.3 Å². The van der Waals surface area contributed by atoms with Gasteiger partial charge in [-0.15, -0.1) is 0 Å². The number of amides is 2. The van der Waals surface area contributed by atoms with E-state index in [1.807, 2.05) is 44.2 Å². The number of ether oxygens (including phenoxy) is 1. The van der Waals surface area contributed by atoms with Gasteiger partial charge in [0.2, 0.25) is 5.82 Å². The van der Waals surface area contributed by atoms with Crippen molar-refractivity contribution in [2.24, 2.45) is 5.92 Å². The highest BCUT2D eigenvalue weighted by molar-refractivity contribution is 6.02. The summed E-state index contributed by atoms with van der Waals surface area (Å²) in [7, 11) is 1.61. The summed E-state index contributed by atoms with van der Waals surface area (Å²) in [6.45, 7) is 4.93. The summed E-state index contributed by atoms with van der Waals surface area (Å²) in [5.74, 6) is 0.627. The molecule has 0 bridgehead atoms. The van der Waals surface area contributed by atoms with Crippen LogP contribution in [0.15, 0.2) is 48.7 Å². The van der Waals surface area contributed by atoms with Crippen LogP contribution in [0.3, 0.4) is 0 Å². The van der Waals surface area contributed by atoms with E-state index in [4.69, 9.17) is 4.74 Å². The van der Waals surface area contributed by atoms with Gasteiger partial charge in [-0.1, -0.05) is 32.0 Å². The highest BCUT2D eigenvalue weighted by Gasteiger charge is 2.21. The first kappa shape index (κ1) is 19.4. The van der Waals surface area contributed by atoms with E-state index in [0.29, 0.717) is 24.5 Å². The lowest BCUT2D eigenvalue weighted by Gasteiger charge is -2.06. The van der Waals surface area contributed by atoms with Crippen LogP contribution in [0.1, 0.15) is 40.5 Å². The molecule has 146 valence electrons. The number of nitrogens with one attached hydrogen (secondary N) is 2. The molecule has 0 aliphatic heterocycles. The molecule has 3 rings (SSSR count). The molecule has 0 spiro atoms. The first-order valence-electron chi connectivity index (χ1n) is 9.16. The lowest BCUT2D eigenvalue weighted by molar-refractivity contribution is 0.0939. The second-order valence-corrected chi connectivity index (χ2v) is 6.87. The predicted molar refractivity (Wildman–Crippen MR) is 107 cm³/mol. The molecule has 7 heteroatoms. The molecule has 0 saturated carbocycles. The minimum Gasteiger partial charge on any atom is -0.497 e. The molecule has 0 aliphatic rings. The van der Waals surface area contributed by atoms with Crippen molar-refractivity contribution in [1.82, 2.24) is 20.0 Å². The second kappa shape index (κ2) is 8.56. The van der Waals surface area contributed by atoms with Gasteiger partial charge in [-0.25, -0.2) is 4.98 Å². The minimum atomic E-state index is -0.347. The van der Waals surface area contributed by atoms with Crippen molar-refractivity contribution in [3.63, 3.8) is 0 Å². The SMILES string of the molecule is COc1ccc(CNC(=O)c2nc(C(=O)NCC(C)C)c3ccccn23)cc1. The van der Waals surface area contributed by atoms with E-state index in [2.05, 4.69) is 15.6 Å². The maximum atomic E-state index is 12.7. The molecule has 2 aromatic heterocycles. The minimum absolute atomic E-state index is 0.179. The second-order valence-electron chi connectivity index (χ2n) is 6.87. The van der Waals surface area contributed by atoms with Crippen LogP contribution in [0, 0.1) is 5.92 Å². The number of benzene rings is 1. The van der Waals surface area contributed by atoms with Crippen LogP contribution in [-0.4, -0.2) is 34.9 Å². The zero-order valence-electron chi connectivity index (χ0n) is 16.2. The largest absolute Gasteiger partial charge is 0.497 e. The van der Waals surface area contributed by atoms with E-state index < -0.39 is 0 Å². The van der Waals surface area contributed by atoms with E-state index >= 15 is 0 Å². The molecule has 1 aromatic carbocycles. The summed E-state index contributed by atoms with van der Waals surface area (Å²) in [6.07, 6.45) is 1.73. The number of carbonyl (C=O) groups excluding carboxylic acids is 2. The summed E-state index contributed by atoms with van der Waals surface area (Å²) in [5, 5.41) is 5.71. The number of pyridine rings is 1.